The fourth-order valence-corrected chi connectivity index (χ4v) is 3.71. The molecule has 3 N–H and O–H groups in total. The Labute approximate surface area is 163 Å². The molecule has 1 aliphatic carbocycles. The predicted octanol–water partition coefficient (Wildman–Crippen LogP) is 3.86. The summed E-state index contributed by atoms with van der Waals surface area (Å²) in [5.41, 5.74) is 0.947. The molecule has 1 amide bonds. The first-order valence-electron chi connectivity index (χ1n) is 10.4. The normalized spacial score (nSPS) is 17.5. The monoisotopic (exact) mass is 376 g/mol. The first kappa shape index (κ1) is 21.7. The summed E-state index contributed by atoms with van der Waals surface area (Å²) in [6.07, 6.45) is 6.16. The van der Waals surface area contributed by atoms with E-state index in [-0.39, 0.29) is 12.6 Å². The molecule has 152 valence electrons. The number of carbonyl (C=O) groups is 1. The van der Waals surface area contributed by atoms with Gasteiger partial charge in [-0.15, -0.1) is 0 Å². The van der Waals surface area contributed by atoms with Crippen LogP contribution in [0.5, 0.6) is 0 Å². The van der Waals surface area contributed by atoms with E-state index in [1.807, 2.05) is 30.3 Å². The molecule has 0 heterocycles. The Morgan fingerprint density at radius 2 is 1.89 bits per heavy atom. The summed E-state index contributed by atoms with van der Waals surface area (Å²) in [6.45, 7) is 5.85. The van der Waals surface area contributed by atoms with Crippen molar-refractivity contribution in [2.45, 2.75) is 71.1 Å². The number of hydrogen-bond donors (Lipinski definition) is 3. The Bertz CT molecular complexity index is 530. The molecule has 1 aromatic carbocycles. The molecule has 0 aliphatic heterocycles. The highest BCUT2D eigenvalue weighted by Gasteiger charge is 2.23. The second-order valence-corrected chi connectivity index (χ2v) is 8.17. The zero-order valence-electron chi connectivity index (χ0n) is 16.8. The average Bonchev–Trinajstić information content (AvgIpc) is 2.67. The van der Waals surface area contributed by atoms with Crippen molar-refractivity contribution in [3.05, 3.63) is 35.9 Å². The van der Waals surface area contributed by atoms with Crippen LogP contribution < -0.4 is 10.6 Å². The van der Waals surface area contributed by atoms with Crippen molar-refractivity contribution in [3.63, 3.8) is 0 Å². The van der Waals surface area contributed by atoms with Gasteiger partial charge in [-0.3, -0.25) is 0 Å². The van der Waals surface area contributed by atoms with Crippen LogP contribution in [-0.2, 0) is 11.3 Å². The fourth-order valence-electron chi connectivity index (χ4n) is 3.71. The van der Waals surface area contributed by atoms with Crippen LogP contribution in [0.4, 0.5) is 4.79 Å². The van der Waals surface area contributed by atoms with E-state index in [2.05, 4.69) is 24.5 Å². The van der Waals surface area contributed by atoms with Gasteiger partial charge in [-0.05, 0) is 43.2 Å². The number of amides is 1. The van der Waals surface area contributed by atoms with E-state index in [0.29, 0.717) is 18.9 Å². The molecule has 0 saturated heterocycles. The van der Waals surface area contributed by atoms with Crippen LogP contribution in [0.3, 0.4) is 0 Å². The van der Waals surface area contributed by atoms with Crippen LogP contribution in [0.25, 0.3) is 0 Å². The third-order valence-corrected chi connectivity index (χ3v) is 5.22. The van der Waals surface area contributed by atoms with Gasteiger partial charge in [0.15, 0.2) is 0 Å². The minimum atomic E-state index is -0.625. The molecule has 1 aromatic rings. The Kier molecular flexibility index (Phi) is 9.64. The Hall–Kier alpha value is -1.59. The molecule has 27 heavy (non-hydrogen) atoms. The van der Waals surface area contributed by atoms with E-state index in [0.717, 1.165) is 18.0 Å². The largest absolute Gasteiger partial charge is 0.445 e. The Morgan fingerprint density at radius 1 is 1.19 bits per heavy atom. The maximum absolute atomic E-state index is 12.2. The van der Waals surface area contributed by atoms with Gasteiger partial charge in [0.2, 0.25) is 0 Å². The van der Waals surface area contributed by atoms with Crippen LogP contribution in [-0.4, -0.2) is 36.4 Å². The van der Waals surface area contributed by atoms with Gasteiger partial charge in [-0.1, -0.05) is 63.4 Å². The van der Waals surface area contributed by atoms with Crippen molar-refractivity contribution in [1.29, 1.82) is 0 Å². The van der Waals surface area contributed by atoms with Crippen LogP contribution in [0.15, 0.2) is 30.3 Å². The molecule has 2 atom stereocenters. The number of ether oxygens (including phenoxy) is 1. The van der Waals surface area contributed by atoms with Gasteiger partial charge < -0.3 is 20.5 Å². The fraction of sp³-hybridized carbons (Fsp3) is 0.682. The molecule has 2 rings (SSSR count). The maximum Gasteiger partial charge on any atom is 0.407 e. The number of benzene rings is 1. The summed E-state index contributed by atoms with van der Waals surface area (Å²) < 4.78 is 5.31. The van der Waals surface area contributed by atoms with Crippen LogP contribution in [0.1, 0.15) is 57.9 Å². The summed E-state index contributed by atoms with van der Waals surface area (Å²) in [7, 11) is 0. The smallest absolute Gasteiger partial charge is 0.407 e. The minimum Gasteiger partial charge on any atom is -0.445 e. The molecule has 0 spiro atoms. The minimum absolute atomic E-state index is 0.233. The molecule has 1 saturated carbocycles. The van der Waals surface area contributed by atoms with E-state index >= 15 is 0 Å². The zero-order valence-corrected chi connectivity index (χ0v) is 16.8. The summed E-state index contributed by atoms with van der Waals surface area (Å²) >= 11 is 0. The maximum atomic E-state index is 12.2. The van der Waals surface area contributed by atoms with Gasteiger partial charge in [-0.2, -0.15) is 0 Å². The lowest BCUT2D eigenvalue weighted by molar-refractivity contribution is 0.0927. The third-order valence-electron chi connectivity index (χ3n) is 5.22. The lowest BCUT2D eigenvalue weighted by Crippen LogP contribution is -2.48. The number of aliphatic hydroxyl groups is 1. The van der Waals surface area contributed by atoms with Gasteiger partial charge in [0.1, 0.15) is 6.61 Å². The SMILES string of the molecule is CC(C)C[C@H](NC(=O)OCc1ccccc1)C(O)CNCC1CCCCC1. The molecule has 1 unspecified atom stereocenters. The molecule has 1 fully saturated rings. The van der Waals surface area contributed by atoms with E-state index in [1.165, 1.54) is 32.1 Å². The standard InChI is InChI=1S/C22H36N2O3/c1-17(2)13-20(21(25)15-23-14-18-9-5-3-6-10-18)24-22(26)27-16-19-11-7-4-8-12-19/h4,7-8,11-12,17-18,20-21,23,25H,3,5-6,9-10,13-16H2,1-2H3,(H,24,26)/t20-,21?/m0/s1. The third kappa shape index (κ3) is 8.76. The molecule has 1 aliphatic rings. The Balaban J connectivity index is 1.75. The topological polar surface area (TPSA) is 70.6 Å². The quantitative estimate of drug-likeness (QED) is 0.580. The molecular weight excluding hydrogens is 340 g/mol. The van der Waals surface area contributed by atoms with Gasteiger partial charge in [0.25, 0.3) is 0 Å². The van der Waals surface area contributed by atoms with Crippen molar-refractivity contribution in [2.24, 2.45) is 11.8 Å². The number of aliphatic hydroxyl groups excluding tert-OH is 1. The van der Waals surface area contributed by atoms with Crippen LogP contribution in [0, 0.1) is 11.8 Å². The summed E-state index contributed by atoms with van der Waals surface area (Å²) in [4.78, 5) is 12.2. The molecule has 5 nitrogen and oxygen atoms in total. The molecule has 0 aromatic heterocycles. The first-order valence-corrected chi connectivity index (χ1v) is 10.4. The van der Waals surface area contributed by atoms with Gasteiger partial charge in [0, 0.05) is 6.54 Å². The number of nitrogens with one attached hydrogen (secondary N) is 2. The first-order chi connectivity index (χ1) is 13.0. The van der Waals surface area contributed by atoms with E-state index in [4.69, 9.17) is 4.74 Å². The lowest BCUT2D eigenvalue weighted by atomic mass is 9.89. The number of alkyl carbamates (subject to hydrolysis) is 1. The Morgan fingerprint density at radius 3 is 2.56 bits per heavy atom. The van der Waals surface area contributed by atoms with Crippen LogP contribution >= 0.6 is 0 Å². The average molecular weight is 377 g/mol. The second-order valence-electron chi connectivity index (χ2n) is 8.17. The van der Waals surface area contributed by atoms with E-state index in [9.17, 15) is 9.90 Å². The summed E-state index contributed by atoms with van der Waals surface area (Å²) in [5.74, 6) is 1.09. The van der Waals surface area contributed by atoms with Crippen molar-refractivity contribution in [1.82, 2.24) is 10.6 Å². The highest BCUT2D eigenvalue weighted by Crippen LogP contribution is 2.22. The van der Waals surface area contributed by atoms with Gasteiger partial charge in [-0.25, -0.2) is 4.79 Å². The highest BCUT2D eigenvalue weighted by atomic mass is 16.5. The highest BCUT2D eigenvalue weighted by molar-refractivity contribution is 5.67. The van der Waals surface area contributed by atoms with Crippen molar-refractivity contribution in [2.75, 3.05) is 13.1 Å². The molecule has 5 heteroatoms. The van der Waals surface area contributed by atoms with Gasteiger partial charge >= 0.3 is 6.09 Å². The molecular formula is C22H36N2O3. The predicted molar refractivity (Wildman–Crippen MR) is 108 cm³/mol. The number of rotatable bonds is 10. The lowest BCUT2D eigenvalue weighted by Gasteiger charge is -2.27. The van der Waals surface area contributed by atoms with E-state index < -0.39 is 12.2 Å². The van der Waals surface area contributed by atoms with E-state index in [1.54, 1.807) is 0 Å². The van der Waals surface area contributed by atoms with Crippen molar-refractivity contribution < 1.29 is 14.6 Å². The molecule has 0 radical (unpaired) electrons. The van der Waals surface area contributed by atoms with Crippen molar-refractivity contribution in [3.8, 4) is 0 Å². The number of hydrogen-bond acceptors (Lipinski definition) is 4. The number of carbonyl (C=O) groups excluding carboxylic acids is 1. The summed E-state index contributed by atoms with van der Waals surface area (Å²) in [5, 5.41) is 16.8. The van der Waals surface area contributed by atoms with Crippen LogP contribution in [0.2, 0.25) is 0 Å². The molecule has 0 bridgehead atoms. The zero-order chi connectivity index (χ0) is 19.5. The van der Waals surface area contributed by atoms with Gasteiger partial charge in [0.05, 0.1) is 12.1 Å². The second kappa shape index (κ2) is 12.0. The summed E-state index contributed by atoms with van der Waals surface area (Å²) in [6, 6.07) is 9.29. The van der Waals surface area contributed by atoms with Crippen molar-refractivity contribution >= 4 is 6.09 Å².